The van der Waals surface area contributed by atoms with Crippen molar-refractivity contribution in [2.24, 2.45) is 0 Å². The number of carbonyl (C=O) groups excluding carboxylic acids is 1. The third kappa shape index (κ3) is 2.12. The van der Waals surface area contributed by atoms with Gasteiger partial charge < -0.3 is 11.1 Å². The largest absolute Gasteiger partial charge is 0.397 e. The fraction of sp³-hybridized carbons (Fsp3) is 0.333. The summed E-state index contributed by atoms with van der Waals surface area (Å²) in [6, 6.07) is 2.09. The summed E-state index contributed by atoms with van der Waals surface area (Å²) in [5, 5.41) is 3.68. The predicted octanol–water partition coefficient (Wildman–Crippen LogP) is 2.12. The van der Waals surface area contributed by atoms with Crippen LogP contribution < -0.4 is 11.1 Å². The van der Waals surface area contributed by atoms with E-state index in [9.17, 15) is 4.79 Å². The van der Waals surface area contributed by atoms with Gasteiger partial charge in [0.25, 0.3) is 5.91 Å². The molecule has 3 rings (SSSR count). The van der Waals surface area contributed by atoms with Crippen molar-refractivity contribution in [2.75, 3.05) is 12.3 Å². The number of hydrogen-bond donors (Lipinski definition) is 2. The topological polar surface area (TPSA) is 68.0 Å². The van der Waals surface area contributed by atoms with E-state index in [0.717, 1.165) is 35.2 Å². The molecule has 5 heteroatoms. The van der Waals surface area contributed by atoms with Gasteiger partial charge in [0.1, 0.15) is 9.71 Å². The molecular formula is C15H15N3OS. The molecule has 0 fully saturated rings. The third-order valence-corrected chi connectivity index (χ3v) is 4.62. The lowest BCUT2D eigenvalue weighted by Crippen LogP contribution is -2.23. The van der Waals surface area contributed by atoms with E-state index in [1.165, 1.54) is 16.9 Å². The first-order valence-corrected chi connectivity index (χ1v) is 7.44. The van der Waals surface area contributed by atoms with Crippen molar-refractivity contribution in [3.05, 3.63) is 22.2 Å². The van der Waals surface area contributed by atoms with Crippen molar-refractivity contribution < 1.29 is 4.79 Å². The first kappa shape index (κ1) is 12.9. The second-order valence-electron chi connectivity index (χ2n) is 4.86. The van der Waals surface area contributed by atoms with Crippen LogP contribution >= 0.6 is 11.3 Å². The van der Waals surface area contributed by atoms with E-state index in [1.54, 1.807) is 0 Å². The zero-order valence-electron chi connectivity index (χ0n) is 11.0. The average Bonchev–Trinajstić information content (AvgIpc) is 3.01. The van der Waals surface area contributed by atoms with Crippen molar-refractivity contribution in [3.63, 3.8) is 0 Å². The Bertz CT molecular complexity index is 727. The van der Waals surface area contributed by atoms with Gasteiger partial charge in [-0.2, -0.15) is 0 Å². The minimum absolute atomic E-state index is 0.166. The maximum absolute atomic E-state index is 12.1. The highest BCUT2D eigenvalue weighted by atomic mass is 32.1. The molecule has 0 atom stereocenters. The number of anilines is 1. The Kier molecular flexibility index (Phi) is 3.33. The smallest absolute Gasteiger partial charge is 0.263 e. The molecule has 0 bridgehead atoms. The molecule has 0 spiro atoms. The van der Waals surface area contributed by atoms with Gasteiger partial charge in [0.2, 0.25) is 0 Å². The number of thiophene rings is 1. The second-order valence-corrected chi connectivity index (χ2v) is 5.85. The van der Waals surface area contributed by atoms with Gasteiger partial charge in [-0.1, -0.05) is 0 Å². The summed E-state index contributed by atoms with van der Waals surface area (Å²) in [5.74, 6) is 2.33. The fourth-order valence-corrected chi connectivity index (χ4v) is 3.51. The van der Waals surface area contributed by atoms with Crippen molar-refractivity contribution in [1.29, 1.82) is 0 Å². The third-order valence-electron chi connectivity index (χ3n) is 3.51. The summed E-state index contributed by atoms with van der Waals surface area (Å²) in [4.78, 5) is 18.1. The van der Waals surface area contributed by atoms with E-state index in [4.69, 9.17) is 12.2 Å². The lowest BCUT2D eigenvalue weighted by molar-refractivity contribution is 0.0959. The summed E-state index contributed by atoms with van der Waals surface area (Å²) >= 11 is 1.36. The molecule has 4 nitrogen and oxygen atoms in total. The first-order chi connectivity index (χ1) is 9.70. The highest BCUT2D eigenvalue weighted by Gasteiger charge is 2.20. The summed E-state index contributed by atoms with van der Waals surface area (Å²) in [5.41, 5.74) is 9.06. The van der Waals surface area contributed by atoms with Crippen LogP contribution in [0.5, 0.6) is 0 Å². The molecule has 0 saturated heterocycles. The maximum Gasteiger partial charge on any atom is 0.263 e. The van der Waals surface area contributed by atoms with Crippen molar-refractivity contribution in [1.82, 2.24) is 10.3 Å². The molecule has 20 heavy (non-hydrogen) atoms. The predicted molar refractivity (Wildman–Crippen MR) is 81.8 cm³/mol. The van der Waals surface area contributed by atoms with Gasteiger partial charge in [-0.05, 0) is 30.9 Å². The lowest BCUT2D eigenvalue weighted by Gasteiger charge is -2.01. The number of amides is 1. The number of nitrogen functional groups attached to an aromatic ring is 1. The van der Waals surface area contributed by atoms with Gasteiger partial charge in [0, 0.05) is 24.0 Å². The molecule has 0 saturated carbocycles. The SMILES string of the molecule is C#CCCNC(=O)c1sc2nc3c(cc2c1N)CCC3. The molecule has 0 unspecified atom stereocenters. The normalized spacial score (nSPS) is 13.2. The van der Waals surface area contributed by atoms with Crippen LogP contribution in [-0.2, 0) is 12.8 Å². The average molecular weight is 285 g/mol. The number of rotatable bonds is 3. The van der Waals surface area contributed by atoms with E-state index >= 15 is 0 Å². The Morgan fingerprint density at radius 2 is 2.40 bits per heavy atom. The van der Waals surface area contributed by atoms with E-state index in [0.29, 0.717) is 23.5 Å². The molecule has 3 N–H and O–H groups in total. The number of aromatic nitrogens is 1. The monoisotopic (exact) mass is 285 g/mol. The van der Waals surface area contributed by atoms with E-state index in [2.05, 4.69) is 22.3 Å². The summed E-state index contributed by atoms with van der Waals surface area (Å²) in [6.45, 7) is 0.465. The maximum atomic E-state index is 12.1. The van der Waals surface area contributed by atoms with Crippen LogP contribution in [-0.4, -0.2) is 17.4 Å². The van der Waals surface area contributed by atoms with Crippen LogP contribution in [0.4, 0.5) is 5.69 Å². The number of aryl methyl sites for hydroxylation is 2. The zero-order chi connectivity index (χ0) is 14.1. The van der Waals surface area contributed by atoms with Crippen LogP contribution in [0, 0.1) is 12.3 Å². The van der Waals surface area contributed by atoms with Crippen LogP contribution in [0.25, 0.3) is 10.2 Å². The quantitative estimate of drug-likeness (QED) is 0.670. The number of nitrogens with zero attached hydrogens (tertiary/aromatic N) is 1. The second kappa shape index (κ2) is 5.14. The minimum atomic E-state index is -0.166. The lowest BCUT2D eigenvalue weighted by atomic mass is 10.1. The number of carbonyl (C=O) groups is 1. The molecular weight excluding hydrogens is 270 g/mol. The van der Waals surface area contributed by atoms with Gasteiger partial charge in [0.15, 0.2) is 0 Å². The first-order valence-electron chi connectivity index (χ1n) is 6.63. The molecule has 1 aliphatic rings. The van der Waals surface area contributed by atoms with Gasteiger partial charge in [-0.15, -0.1) is 23.7 Å². The van der Waals surface area contributed by atoms with Gasteiger partial charge in [0.05, 0.1) is 5.69 Å². The van der Waals surface area contributed by atoms with Gasteiger partial charge in [-0.25, -0.2) is 4.98 Å². The Hall–Kier alpha value is -2.06. The van der Waals surface area contributed by atoms with Crippen molar-refractivity contribution in [3.8, 4) is 12.3 Å². The highest BCUT2D eigenvalue weighted by Crippen LogP contribution is 2.35. The molecule has 0 aromatic carbocycles. The number of fused-ring (bicyclic) bond motifs is 2. The Labute approximate surface area is 121 Å². The van der Waals surface area contributed by atoms with E-state index in [1.807, 2.05) is 0 Å². The van der Waals surface area contributed by atoms with Gasteiger partial charge in [-0.3, -0.25) is 4.79 Å². The molecule has 0 aliphatic heterocycles. The fourth-order valence-electron chi connectivity index (χ4n) is 2.49. The van der Waals surface area contributed by atoms with Crippen LogP contribution in [0.15, 0.2) is 6.07 Å². The Morgan fingerprint density at radius 1 is 1.55 bits per heavy atom. The highest BCUT2D eigenvalue weighted by molar-refractivity contribution is 7.21. The molecule has 2 aromatic heterocycles. The van der Waals surface area contributed by atoms with Crippen LogP contribution in [0.1, 0.15) is 33.8 Å². The van der Waals surface area contributed by atoms with Crippen LogP contribution in [0.2, 0.25) is 0 Å². The van der Waals surface area contributed by atoms with Crippen LogP contribution in [0.3, 0.4) is 0 Å². The van der Waals surface area contributed by atoms with E-state index in [-0.39, 0.29) is 5.91 Å². The molecule has 0 radical (unpaired) electrons. The molecule has 1 amide bonds. The van der Waals surface area contributed by atoms with Crippen molar-refractivity contribution in [2.45, 2.75) is 25.7 Å². The Balaban J connectivity index is 1.95. The number of terminal acetylenes is 1. The standard InChI is InChI=1S/C15H15N3OS/c1-2-3-7-17-14(19)13-12(16)10-8-9-5-4-6-11(9)18-15(10)20-13/h1,8H,3-7,16H2,(H,17,19). The number of nitrogens with one attached hydrogen (secondary N) is 1. The number of pyridine rings is 1. The molecule has 1 aliphatic carbocycles. The van der Waals surface area contributed by atoms with Gasteiger partial charge >= 0.3 is 0 Å². The zero-order valence-corrected chi connectivity index (χ0v) is 11.8. The minimum Gasteiger partial charge on any atom is -0.397 e. The Morgan fingerprint density at radius 3 is 3.20 bits per heavy atom. The number of nitrogens with two attached hydrogens (primary N) is 1. The van der Waals surface area contributed by atoms with E-state index < -0.39 is 0 Å². The van der Waals surface area contributed by atoms with Crippen molar-refractivity contribution >= 4 is 33.1 Å². The summed E-state index contributed by atoms with van der Waals surface area (Å²) in [6.07, 6.45) is 8.91. The molecule has 2 aromatic rings. The molecule has 2 heterocycles. The number of hydrogen-bond acceptors (Lipinski definition) is 4. The molecule has 102 valence electrons. The summed E-state index contributed by atoms with van der Waals surface area (Å²) in [7, 11) is 0. The summed E-state index contributed by atoms with van der Waals surface area (Å²) < 4.78 is 0.